The van der Waals surface area contributed by atoms with Crippen LogP contribution in [0.5, 0.6) is 5.75 Å². The van der Waals surface area contributed by atoms with Crippen LogP contribution in [-0.2, 0) is 23.2 Å². The van der Waals surface area contributed by atoms with Crippen molar-refractivity contribution in [3.8, 4) is 5.75 Å². The third-order valence-corrected chi connectivity index (χ3v) is 6.57. The minimum absolute atomic E-state index is 0.00179. The SMILES string of the molecule is CNNS(=O)(=O)NC(=O)c1ccc(CCn2c(/C=C/c3cccc(OC)c3)c(Cl)cc(Cl)c2=O)cc1. The zero-order valence-electron chi connectivity index (χ0n) is 19.4. The Morgan fingerprint density at radius 3 is 2.44 bits per heavy atom. The first-order valence-corrected chi connectivity index (χ1v) is 12.9. The molecule has 0 unspecified atom stereocenters. The van der Waals surface area contributed by atoms with Crippen LogP contribution in [0.4, 0.5) is 0 Å². The maximum atomic E-state index is 12.8. The number of rotatable bonds is 10. The summed E-state index contributed by atoms with van der Waals surface area (Å²) in [5.41, 5.74) is 4.18. The summed E-state index contributed by atoms with van der Waals surface area (Å²) in [5, 5.41) is 0.323. The predicted octanol–water partition coefficient (Wildman–Crippen LogP) is 3.28. The number of hydrazine groups is 1. The molecule has 3 aromatic rings. The first-order valence-electron chi connectivity index (χ1n) is 10.6. The first kappa shape index (κ1) is 27.4. The Bertz CT molecular complexity index is 1440. The molecule has 190 valence electrons. The van der Waals surface area contributed by atoms with Crippen molar-refractivity contribution in [2.24, 2.45) is 0 Å². The number of halogens is 2. The number of ether oxygens (including phenoxy) is 1. The van der Waals surface area contributed by atoms with Gasteiger partial charge in [-0.2, -0.15) is 8.42 Å². The predicted molar refractivity (Wildman–Crippen MR) is 141 cm³/mol. The molecule has 1 amide bonds. The maximum absolute atomic E-state index is 12.8. The summed E-state index contributed by atoms with van der Waals surface area (Å²) in [7, 11) is -1.08. The van der Waals surface area contributed by atoms with Gasteiger partial charge in [-0.05, 0) is 61.0 Å². The number of nitrogens with zero attached hydrogens (tertiary/aromatic N) is 1. The number of benzene rings is 2. The number of hydrogen-bond acceptors (Lipinski definition) is 6. The fourth-order valence-electron chi connectivity index (χ4n) is 3.33. The van der Waals surface area contributed by atoms with E-state index in [1.807, 2.05) is 39.9 Å². The Labute approximate surface area is 218 Å². The Morgan fingerprint density at radius 1 is 1.06 bits per heavy atom. The number of carbonyl (C=O) groups is 1. The van der Waals surface area contributed by atoms with Gasteiger partial charge in [-0.25, -0.2) is 10.1 Å². The number of aryl methyl sites for hydroxylation is 1. The molecule has 3 rings (SSSR count). The second-order valence-corrected chi connectivity index (χ2v) is 9.76. The van der Waals surface area contributed by atoms with Gasteiger partial charge in [-0.3, -0.25) is 9.59 Å². The zero-order valence-corrected chi connectivity index (χ0v) is 21.7. The number of carbonyl (C=O) groups excluding carboxylic acids is 1. The van der Waals surface area contributed by atoms with Gasteiger partial charge >= 0.3 is 10.2 Å². The van der Waals surface area contributed by atoms with E-state index < -0.39 is 16.1 Å². The number of methoxy groups -OCH3 is 1. The summed E-state index contributed by atoms with van der Waals surface area (Å²) in [4.78, 5) is 26.9. The maximum Gasteiger partial charge on any atom is 0.314 e. The molecule has 9 nitrogen and oxygen atoms in total. The van der Waals surface area contributed by atoms with Gasteiger partial charge in [0.25, 0.3) is 11.5 Å². The van der Waals surface area contributed by atoms with Gasteiger partial charge in [0.15, 0.2) is 0 Å². The quantitative estimate of drug-likeness (QED) is 0.333. The zero-order chi connectivity index (χ0) is 26.3. The number of hydrogen-bond donors (Lipinski definition) is 3. The van der Waals surface area contributed by atoms with E-state index in [1.165, 1.54) is 29.8 Å². The van der Waals surface area contributed by atoms with Crippen molar-refractivity contribution in [2.45, 2.75) is 13.0 Å². The van der Waals surface area contributed by atoms with Crippen molar-refractivity contribution in [2.75, 3.05) is 14.2 Å². The molecule has 36 heavy (non-hydrogen) atoms. The van der Waals surface area contributed by atoms with Crippen LogP contribution in [0.3, 0.4) is 0 Å². The molecule has 0 spiro atoms. The molecule has 0 radical (unpaired) electrons. The van der Waals surface area contributed by atoms with Crippen LogP contribution in [0.2, 0.25) is 10.0 Å². The molecule has 0 saturated carbocycles. The summed E-state index contributed by atoms with van der Waals surface area (Å²) in [5.74, 6) is -0.0862. The third kappa shape index (κ3) is 7.19. The highest BCUT2D eigenvalue weighted by Gasteiger charge is 2.15. The molecular formula is C24H24Cl2N4O5S. The normalized spacial score (nSPS) is 11.6. The van der Waals surface area contributed by atoms with Gasteiger partial charge in [0, 0.05) is 12.1 Å². The summed E-state index contributed by atoms with van der Waals surface area (Å²) in [6.45, 7) is 0.267. The average Bonchev–Trinajstić information content (AvgIpc) is 2.84. The van der Waals surface area contributed by atoms with Crippen molar-refractivity contribution in [3.05, 3.63) is 97.4 Å². The molecule has 0 aliphatic heterocycles. The van der Waals surface area contributed by atoms with E-state index in [1.54, 1.807) is 25.3 Å². The molecule has 0 fully saturated rings. The fraction of sp³-hybridized carbons (Fsp3) is 0.167. The van der Waals surface area contributed by atoms with E-state index in [9.17, 15) is 18.0 Å². The molecule has 0 atom stereocenters. The minimum atomic E-state index is -4.02. The second-order valence-electron chi connectivity index (χ2n) is 7.53. The van der Waals surface area contributed by atoms with E-state index >= 15 is 0 Å². The largest absolute Gasteiger partial charge is 0.497 e. The summed E-state index contributed by atoms with van der Waals surface area (Å²) in [6.07, 6.45) is 3.98. The van der Waals surface area contributed by atoms with E-state index in [4.69, 9.17) is 27.9 Å². The summed E-state index contributed by atoms with van der Waals surface area (Å²) in [6, 6.07) is 15.2. The molecule has 12 heteroatoms. The van der Waals surface area contributed by atoms with E-state index in [2.05, 4.69) is 5.43 Å². The molecular weight excluding hydrogens is 527 g/mol. The molecule has 0 aliphatic rings. The van der Waals surface area contributed by atoms with E-state index in [0.29, 0.717) is 22.9 Å². The van der Waals surface area contributed by atoms with Gasteiger partial charge in [0.05, 0.1) is 17.8 Å². The Morgan fingerprint density at radius 2 is 1.78 bits per heavy atom. The number of nitrogens with one attached hydrogen (secondary N) is 3. The lowest BCUT2D eigenvalue weighted by atomic mass is 10.1. The standard InChI is InChI=1S/C24H24Cl2N4O5S/c1-27-29-36(33,34)28-23(31)18-9-6-16(7-10-18)12-13-30-22(20(25)15-21(26)24(30)32)11-8-17-4-3-5-19(14-17)35-2/h3-11,14-15,27,29H,12-13H2,1-2H3,(H,28,31)/b11-8+. The summed E-state index contributed by atoms with van der Waals surface area (Å²) < 4.78 is 31.9. The van der Waals surface area contributed by atoms with Crippen LogP contribution in [0, 0.1) is 0 Å². The molecule has 0 saturated heterocycles. The van der Waals surface area contributed by atoms with Crippen LogP contribution in [-0.4, -0.2) is 33.0 Å². The minimum Gasteiger partial charge on any atom is -0.497 e. The van der Waals surface area contributed by atoms with Crippen LogP contribution < -0.4 is 25.3 Å². The van der Waals surface area contributed by atoms with Gasteiger partial charge in [0.2, 0.25) is 0 Å². The van der Waals surface area contributed by atoms with Crippen LogP contribution in [0.15, 0.2) is 59.4 Å². The molecule has 0 aliphatic carbocycles. The molecule has 1 heterocycles. The van der Waals surface area contributed by atoms with Crippen LogP contribution in [0.25, 0.3) is 12.2 Å². The second kappa shape index (κ2) is 12.2. The highest BCUT2D eigenvalue weighted by Crippen LogP contribution is 2.22. The van der Waals surface area contributed by atoms with Gasteiger partial charge in [0.1, 0.15) is 10.8 Å². The fourth-order valence-corrected chi connectivity index (χ4v) is 4.55. The molecule has 3 N–H and O–H groups in total. The van der Waals surface area contributed by atoms with E-state index in [0.717, 1.165) is 11.1 Å². The summed E-state index contributed by atoms with van der Waals surface area (Å²) >= 11 is 12.5. The van der Waals surface area contributed by atoms with Gasteiger partial charge in [-0.1, -0.05) is 53.5 Å². The Balaban J connectivity index is 1.80. The first-order chi connectivity index (χ1) is 17.1. The van der Waals surface area contributed by atoms with E-state index in [-0.39, 0.29) is 22.7 Å². The number of pyridine rings is 1. The van der Waals surface area contributed by atoms with Crippen molar-refractivity contribution in [3.63, 3.8) is 0 Å². The van der Waals surface area contributed by atoms with Gasteiger partial charge < -0.3 is 9.30 Å². The lowest BCUT2D eigenvalue weighted by Gasteiger charge is -2.13. The number of amides is 1. The van der Waals surface area contributed by atoms with Gasteiger partial charge in [-0.15, -0.1) is 4.83 Å². The lowest BCUT2D eigenvalue weighted by molar-refractivity contribution is 0.0981. The van der Waals surface area contributed by atoms with Crippen molar-refractivity contribution >= 4 is 51.5 Å². The smallest absolute Gasteiger partial charge is 0.314 e. The molecule has 1 aromatic heterocycles. The molecule has 2 aromatic carbocycles. The monoisotopic (exact) mass is 550 g/mol. The highest BCUT2D eigenvalue weighted by molar-refractivity contribution is 7.88. The average molecular weight is 551 g/mol. The van der Waals surface area contributed by atoms with Crippen molar-refractivity contribution < 1.29 is 17.9 Å². The third-order valence-electron chi connectivity index (χ3n) is 5.07. The lowest BCUT2D eigenvalue weighted by Crippen LogP contribution is -2.45. The number of aromatic nitrogens is 1. The Kier molecular flexibility index (Phi) is 9.30. The van der Waals surface area contributed by atoms with Crippen LogP contribution >= 0.6 is 23.2 Å². The topological polar surface area (TPSA) is 119 Å². The molecule has 0 bridgehead atoms. The Hall–Kier alpha value is -3.15. The van der Waals surface area contributed by atoms with Crippen LogP contribution in [0.1, 0.15) is 27.2 Å². The van der Waals surface area contributed by atoms with Crippen molar-refractivity contribution in [1.82, 2.24) is 19.5 Å². The van der Waals surface area contributed by atoms with Crippen molar-refractivity contribution in [1.29, 1.82) is 0 Å². The highest BCUT2D eigenvalue weighted by atomic mass is 35.5.